The first-order valence-electron chi connectivity index (χ1n) is 8.81. The fourth-order valence-electron chi connectivity index (χ4n) is 3.01. The third-order valence-corrected chi connectivity index (χ3v) is 5.39. The summed E-state index contributed by atoms with van der Waals surface area (Å²) < 4.78 is 1.11. The Labute approximate surface area is 164 Å². The van der Waals surface area contributed by atoms with Crippen LogP contribution in [0.2, 0.25) is 0 Å². The molecule has 5 rings (SSSR count). The molecule has 0 aliphatic heterocycles. The van der Waals surface area contributed by atoms with E-state index in [1.165, 1.54) is 0 Å². The number of imidazole rings is 1. The number of amides is 1. The summed E-state index contributed by atoms with van der Waals surface area (Å²) in [5.74, 6) is 0.402. The Morgan fingerprint density at radius 1 is 0.893 bits per heavy atom. The Morgan fingerprint density at radius 3 is 2.57 bits per heavy atom. The normalized spacial score (nSPS) is 11.1. The fourth-order valence-corrected chi connectivity index (χ4v) is 3.92. The number of nitrogens with zero attached hydrogens (tertiary/aromatic N) is 3. The average molecular weight is 385 g/mol. The largest absolute Gasteiger partial charge is 0.344 e. The summed E-state index contributed by atoms with van der Waals surface area (Å²) in [5, 5.41) is 3.76. The molecule has 0 fully saturated rings. The lowest BCUT2D eigenvalue weighted by atomic mass is 10.3. The van der Waals surface area contributed by atoms with E-state index in [2.05, 4.69) is 25.3 Å². The molecule has 2 aromatic carbocycles. The van der Waals surface area contributed by atoms with Gasteiger partial charge in [0.1, 0.15) is 16.4 Å². The van der Waals surface area contributed by atoms with Crippen LogP contribution in [-0.2, 0) is 6.54 Å². The van der Waals surface area contributed by atoms with Crippen molar-refractivity contribution in [1.29, 1.82) is 0 Å². The molecule has 7 heteroatoms. The van der Waals surface area contributed by atoms with Crippen molar-refractivity contribution in [2.75, 3.05) is 0 Å². The number of fused-ring (bicyclic) bond motifs is 2. The second-order valence-corrected chi connectivity index (χ2v) is 7.38. The van der Waals surface area contributed by atoms with Crippen LogP contribution in [0.15, 0.2) is 66.7 Å². The van der Waals surface area contributed by atoms with Crippen molar-refractivity contribution in [2.45, 2.75) is 6.54 Å². The molecule has 0 saturated carbocycles. The summed E-state index contributed by atoms with van der Waals surface area (Å²) in [5.41, 5.74) is 3.72. The Morgan fingerprint density at radius 2 is 1.71 bits per heavy atom. The van der Waals surface area contributed by atoms with Gasteiger partial charge < -0.3 is 10.3 Å². The van der Waals surface area contributed by atoms with Crippen LogP contribution in [0.1, 0.15) is 15.5 Å². The molecule has 1 amide bonds. The zero-order valence-corrected chi connectivity index (χ0v) is 15.5. The number of H-pyrrole nitrogens is 1. The predicted octanol–water partition coefficient (Wildman–Crippen LogP) is 4.16. The topological polar surface area (TPSA) is 83.6 Å². The molecule has 6 nitrogen and oxygen atoms in total. The number of aromatic amines is 1. The summed E-state index contributed by atoms with van der Waals surface area (Å²) >= 11 is 1.58. The van der Waals surface area contributed by atoms with Crippen molar-refractivity contribution in [1.82, 2.24) is 25.3 Å². The molecule has 0 bridgehead atoms. The Bertz CT molecular complexity index is 1240. The predicted molar refractivity (Wildman–Crippen MR) is 110 cm³/mol. The highest BCUT2D eigenvalue weighted by Crippen LogP contribution is 2.22. The van der Waals surface area contributed by atoms with E-state index in [-0.39, 0.29) is 5.91 Å². The van der Waals surface area contributed by atoms with E-state index in [1.807, 2.05) is 60.7 Å². The summed E-state index contributed by atoms with van der Waals surface area (Å²) in [6, 6.07) is 21.0. The molecule has 0 saturated heterocycles. The number of carbonyl (C=O) groups excluding carboxylic acids is 1. The van der Waals surface area contributed by atoms with Crippen LogP contribution < -0.4 is 5.32 Å². The zero-order valence-electron chi connectivity index (χ0n) is 14.7. The first-order valence-corrected chi connectivity index (χ1v) is 9.63. The first kappa shape index (κ1) is 16.6. The Kier molecular flexibility index (Phi) is 4.06. The third-order valence-electron chi connectivity index (χ3n) is 4.35. The number of hydrogen-bond donors (Lipinski definition) is 2. The molecule has 0 aliphatic rings. The molecule has 0 unspecified atom stereocenters. The van der Waals surface area contributed by atoms with Gasteiger partial charge >= 0.3 is 0 Å². The standard InChI is InChI=1S/C21H15N5OS/c27-21(22-12-19-24-15-8-3-4-11-18(15)28-19)17-10-5-9-16(23-17)20-25-13-6-1-2-7-14(13)26-20/h1-11H,12H2,(H,22,27)(H,25,26). The number of thiazole rings is 1. The molecule has 0 atom stereocenters. The smallest absolute Gasteiger partial charge is 0.270 e. The molecule has 0 aliphatic carbocycles. The van der Waals surface area contributed by atoms with E-state index in [1.54, 1.807) is 17.4 Å². The lowest BCUT2D eigenvalue weighted by molar-refractivity contribution is 0.0946. The van der Waals surface area contributed by atoms with Gasteiger partial charge in [-0.1, -0.05) is 30.3 Å². The maximum absolute atomic E-state index is 12.6. The second kappa shape index (κ2) is 6.86. The van der Waals surface area contributed by atoms with E-state index in [0.717, 1.165) is 26.3 Å². The van der Waals surface area contributed by atoms with Crippen LogP contribution in [0.25, 0.3) is 32.8 Å². The van der Waals surface area contributed by atoms with E-state index < -0.39 is 0 Å². The molecule has 3 heterocycles. The number of benzene rings is 2. The zero-order chi connectivity index (χ0) is 18.9. The van der Waals surface area contributed by atoms with Gasteiger partial charge in [-0.3, -0.25) is 4.79 Å². The van der Waals surface area contributed by atoms with Gasteiger partial charge in [-0.2, -0.15) is 0 Å². The monoisotopic (exact) mass is 385 g/mol. The van der Waals surface area contributed by atoms with Crippen LogP contribution in [0.5, 0.6) is 0 Å². The van der Waals surface area contributed by atoms with E-state index in [4.69, 9.17) is 0 Å². The summed E-state index contributed by atoms with van der Waals surface area (Å²) in [7, 11) is 0. The molecular formula is C21H15N5OS. The summed E-state index contributed by atoms with van der Waals surface area (Å²) in [4.78, 5) is 29.3. The molecule has 2 N–H and O–H groups in total. The van der Waals surface area contributed by atoms with Crippen LogP contribution in [0.3, 0.4) is 0 Å². The van der Waals surface area contributed by atoms with Crippen LogP contribution in [0.4, 0.5) is 0 Å². The highest BCUT2D eigenvalue weighted by Gasteiger charge is 2.12. The minimum absolute atomic E-state index is 0.239. The van der Waals surface area contributed by atoms with Gasteiger partial charge in [0.15, 0.2) is 5.82 Å². The molecule has 28 heavy (non-hydrogen) atoms. The van der Waals surface area contributed by atoms with Gasteiger partial charge in [0, 0.05) is 0 Å². The number of carbonyl (C=O) groups is 1. The Hall–Kier alpha value is -3.58. The first-order chi connectivity index (χ1) is 13.8. The van der Waals surface area contributed by atoms with Crippen molar-refractivity contribution in [3.05, 3.63) is 77.4 Å². The number of nitrogens with one attached hydrogen (secondary N) is 2. The van der Waals surface area contributed by atoms with E-state index in [9.17, 15) is 4.79 Å². The van der Waals surface area contributed by atoms with Gasteiger partial charge in [-0.15, -0.1) is 11.3 Å². The van der Waals surface area contributed by atoms with Gasteiger partial charge in [-0.25, -0.2) is 15.0 Å². The minimum Gasteiger partial charge on any atom is -0.344 e. The highest BCUT2D eigenvalue weighted by molar-refractivity contribution is 7.18. The summed E-state index contributed by atoms with van der Waals surface area (Å²) in [6.45, 7) is 0.370. The van der Waals surface area contributed by atoms with Gasteiger partial charge in [0.25, 0.3) is 5.91 Å². The van der Waals surface area contributed by atoms with Gasteiger partial charge in [-0.05, 0) is 36.4 Å². The molecule has 3 aromatic heterocycles. The molecule has 0 radical (unpaired) electrons. The maximum Gasteiger partial charge on any atom is 0.270 e. The number of para-hydroxylation sites is 3. The van der Waals surface area contributed by atoms with Crippen molar-refractivity contribution in [2.24, 2.45) is 0 Å². The van der Waals surface area contributed by atoms with Crippen molar-refractivity contribution in [3.8, 4) is 11.5 Å². The van der Waals surface area contributed by atoms with Crippen molar-refractivity contribution < 1.29 is 4.79 Å². The van der Waals surface area contributed by atoms with E-state index >= 15 is 0 Å². The number of aromatic nitrogens is 4. The number of rotatable bonds is 4. The van der Waals surface area contributed by atoms with E-state index in [0.29, 0.717) is 23.8 Å². The van der Waals surface area contributed by atoms with Crippen LogP contribution >= 0.6 is 11.3 Å². The van der Waals surface area contributed by atoms with Crippen molar-refractivity contribution in [3.63, 3.8) is 0 Å². The highest BCUT2D eigenvalue weighted by atomic mass is 32.1. The summed E-state index contributed by atoms with van der Waals surface area (Å²) in [6.07, 6.45) is 0. The molecule has 0 spiro atoms. The molecule has 5 aromatic rings. The van der Waals surface area contributed by atoms with Crippen LogP contribution in [0, 0.1) is 0 Å². The van der Waals surface area contributed by atoms with Crippen molar-refractivity contribution >= 4 is 38.5 Å². The third kappa shape index (κ3) is 3.12. The van der Waals surface area contributed by atoms with Gasteiger partial charge in [0.2, 0.25) is 0 Å². The molecule has 136 valence electrons. The maximum atomic E-state index is 12.6. The quantitative estimate of drug-likeness (QED) is 0.486. The van der Waals surface area contributed by atoms with Gasteiger partial charge in [0.05, 0.1) is 27.8 Å². The number of pyridine rings is 1. The Balaban J connectivity index is 1.35. The molecular weight excluding hydrogens is 370 g/mol. The number of hydrogen-bond acceptors (Lipinski definition) is 5. The second-order valence-electron chi connectivity index (χ2n) is 6.27. The SMILES string of the molecule is O=C(NCc1nc2ccccc2s1)c1cccc(-c2nc3ccccc3[nH]2)n1. The average Bonchev–Trinajstić information content (AvgIpc) is 3.35. The lowest BCUT2D eigenvalue weighted by Crippen LogP contribution is -2.23. The van der Waals surface area contributed by atoms with Crippen LogP contribution in [-0.4, -0.2) is 25.8 Å². The lowest BCUT2D eigenvalue weighted by Gasteiger charge is -2.04. The minimum atomic E-state index is -0.239. The fraction of sp³-hybridized carbons (Fsp3) is 0.0476.